The molecule has 13 nitrogen and oxygen atoms in total. The number of halogens is 1. The number of amides is 2. The van der Waals surface area contributed by atoms with E-state index in [0.717, 1.165) is 0 Å². The van der Waals surface area contributed by atoms with E-state index >= 15 is 0 Å². The molecular weight excluding hydrogens is 452 g/mol. The molecule has 2 aliphatic rings. The third kappa shape index (κ3) is 5.50. The zero-order chi connectivity index (χ0) is 23.5. The second-order valence-electron chi connectivity index (χ2n) is 7.48. The van der Waals surface area contributed by atoms with Crippen molar-refractivity contribution >= 4 is 29.3 Å². The Morgan fingerprint density at radius 3 is 2.56 bits per heavy atom. The lowest BCUT2D eigenvalue weighted by molar-refractivity contribution is -0.991. The summed E-state index contributed by atoms with van der Waals surface area (Å²) < 4.78 is 22.7. The predicted molar refractivity (Wildman–Crippen MR) is 107 cm³/mol. The van der Waals surface area contributed by atoms with Gasteiger partial charge in [-0.25, -0.2) is 14.8 Å². The predicted octanol–water partition coefficient (Wildman–Crippen LogP) is 0.424. The molecule has 3 rings (SSSR count). The van der Waals surface area contributed by atoms with Crippen molar-refractivity contribution in [2.45, 2.75) is 44.2 Å². The van der Waals surface area contributed by atoms with Crippen molar-refractivity contribution in [2.24, 2.45) is 5.29 Å². The number of nitrogens with zero attached hydrogens (tertiary/aromatic N) is 2. The molecule has 0 aliphatic carbocycles. The van der Waals surface area contributed by atoms with Crippen LogP contribution in [-0.4, -0.2) is 71.6 Å². The molecule has 2 saturated heterocycles. The third-order valence-electron chi connectivity index (χ3n) is 4.79. The van der Waals surface area contributed by atoms with E-state index in [1.54, 1.807) is 13.8 Å². The van der Waals surface area contributed by atoms with Gasteiger partial charge in [0.15, 0.2) is 17.7 Å². The Morgan fingerprint density at radius 2 is 1.97 bits per heavy atom. The summed E-state index contributed by atoms with van der Waals surface area (Å²) in [4.78, 5) is 35.4. The molecular formula is C18H23ClN4O9. The molecule has 1 aromatic rings. The molecule has 1 aromatic carbocycles. The van der Waals surface area contributed by atoms with Crippen molar-refractivity contribution in [1.82, 2.24) is 10.3 Å². The summed E-state index contributed by atoms with van der Waals surface area (Å²) >= 11 is 5.56. The summed E-state index contributed by atoms with van der Waals surface area (Å²) in [6.45, 7) is 3.06. The number of benzene rings is 1. The van der Waals surface area contributed by atoms with Gasteiger partial charge in [0.1, 0.15) is 24.9 Å². The monoisotopic (exact) mass is 474 g/mol. The van der Waals surface area contributed by atoms with E-state index in [4.69, 9.17) is 35.8 Å². The minimum atomic E-state index is -1.11. The molecule has 5 atom stereocenters. The molecule has 0 saturated carbocycles. The maximum atomic E-state index is 12.3. The van der Waals surface area contributed by atoms with Crippen LogP contribution in [0.1, 0.15) is 24.2 Å². The van der Waals surface area contributed by atoms with Crippen LogP contribution < -0.4 is 10.5 Å². The van der Waals surface area contributed by atoms with Crippen molar-refractivity contribution in [3.8, 4) is 0 Å². The number of fused-ring (bicyclic) bond motifs is 1. The average Bonchev–Trinajstić information content (AvgIpc) is 3.23. The number of alkyl halides is 1. The van der Waals surface area contributed by atoms with Gasteiger partial charge in [-0.05, 0) is 26.0 Å². The van der Waals surface area contributed by atoms with Crippen LogP contribution in [0.25, 0.3) is 0 Å². The normalized spacial score (nSPS) is 26.8. The fourth-order valence-electron chi connectivity index (χ4n) is 3.38. The number of hydrogen-bond donors (Lipinski definition) is 3. The summed E-state index contributed by atoms with van der Waals surface area (Å²) in [6, 6.07) is 4.42. The highest BCUT2D eigenvalue weighted by atomic mass is 35.5. The van der Waals surface area contributed by atoms with Crippen LogP contribution in [-0.2, 0) is 18.9 Å². The van der Waals surface area contributed by atoms with Crippen LogP contribution in [0.5, 0.6) is 0 Å². The lowest BCUT2D eigenvalue weighted by Crippen LogP contribution is -2.99. The number of ether oxygens (including phenoxy) is 4. The number of hydrogen-bond acceptors (Lipinski definition) is 10. The number of rotatable bonds is 8. The number of nitroso groups, excluding NO2 is 1. The smallest absolute Gasteiger partial charge is 0.342 e. The second-order valence-corrected chi connectivity index (χ2v) is 7.86. The number of nitrogens with one attached hydrogen (secondary N) is 2. The van der Waals surface area contributed by atoms with Crippen LogP contribution in [0.15, 0.2) is 29.6 Å². The first kappa shape index (κ1) is 24.3. The number of carbonyl (C=O) groups is 2. The Morgan fingerprint density at radius 1 is 1.31 bits per heavy atom. The summed E-state index contributed by atoms with van der Waals surface area (Å²) in [5, 5.41) is 24.5. The van der Waals surface area contributed by atoms with Gasteiger partial charge in [-0.15, -0.1) is 16.5 Å². The molecule has 2 aliphatic heterocycles. The minimum absolute atomic E-state index is 0.00933. The molecule has 176 valence electrons. The topological polar surface area (TPSA) is 163 Å². The van der Waals surface area contributed by atoms with Crippen LogP contribution in [0, 0.1) is 10.1 Å². The zero-order valence-corrected chi connectivity index (χ0v) is 18.0. The Bertz CT molecular complexity index is 838. The first-order valence-electron chi connectivity index (χ1n) is 9.64. The van der Waals surface area contributed by atoms with Gasteiger partial charge in [0.25, 0.3) is 0 Å². The number of quaternary nitrogens is 1. The highest BCUT2D eigenvalue weighted by Gasteiger charge is 2.56. The maximum absolute atomic E-state index is 12.3. The number of carbonyl (C=O) groups excluding carboxylic acids is 2. The van der Waals surface area contributed by atoms with Crippen LogP contribution in [0.4, 0.5) is 10.5 Å². The number of esters is 1. The lowest BCUT2D eigenvalue weighted by atomic mass is 10.1. The van der Waals surface area contributed by atoms with Gasteiger partial charge in [0.05, 0.1) is 17.4 Å². The molecule has 0 aromatic heterocycles. The van der Waals surface area contributed by atoms with E-state index in [0.29, 0.717) is 5.01 Å². The van der Waals surface area contributed by atoms with E-state index in [2.05, 4.69) is 10.6 Å². The summed E-state index contributed by atoms with van der Waals surface area (Å²) in [6.07, 6.45) is -3.16. The van der Waals surface area contributed by atoms with Crippen molar-refractivity contribution in [1.29, 1.82) is 0 Å². The highest BCUT2D eigenvalue weighted by molar-refractivity contribution is 6.18. The quantitative estimate of drug-likeness (QED) is 0.209. The van der Waals surface area contributed by atoms with Gasteiger partial charge in [-0.1, -0.05) is 0 Å². The van der Waals surface area contributed by atoms with Gasteiger partial charge in [-0.2, -0.15) is 10.2 Å². The van der Waals surface area contributed by atoms with Gasteiger partial charge < -0.3 is 29.5 Å². The van der Waals surface area contributed by atoms with Gasteiger partial charge in [0.2, 0.25) is 0 Å². The lowest BCUT2D eigenvalue weighted by Gasteiger charge is -2.25. The molecule has 32 heavy (non-hydrogen) atoms. The van der Waals surface area contributed by atoms with Crippen molar-refractivity contribution < 1.29 is 39.0 Å². The Kier molecular flexibility index (Phi) is 7.61. The molecule has 2 fully saturated rings. The largest absolute Gasteiger partial charge is 0.595 e. The van der Waals surface area contributed by atoms with E-state index in [1.807, 2.05) is 0 Å². The van der Waals surface area contributed by atoms with E-state index in [1.165, 1.54) is 24.3 Å². The van der Waals surface area contributed by atoms with Gasteiger partial charge >= 0.3 is 12.0 Å². The third-order valence-corrected chi connectivity index (χ3v) is 4.96. The molecule has 14 heteroatoms. The van der Waals surface area contributed by atoms with Crippen molar-refractivity contribution in [3.05, 3.63) is 39.9 Å². The Balaban J connectivity index is 1.64. The Labute approximate surface area is 187 Å². The first-order valence-corrected chi connectivity index (χ1v) is 10.2. The minimum Gasteiger partial charge on any atom is -0.595 e. The standard InChI is InChI=1S/C18H23ClN4O9/c1-18(2)31-13-12(9-29-16(24)10-3-5-11(6-4-10)23(27)28)30-15(14(13)32-18)20-17(25)22(21-26)8-7-19/h3-6,12-15,23,27H,7-9H2,1-2H3,(H,20,25). The van der Waals surface area contributed by atoms with Crippen molar-refractivity contribution in [3.63, 3.8) is 0 Å². The molecule has 5 unspecified atom stereocenters. The fraction of sp³-hybridized carbons (Fsp3) is 0.556. The average molecular weight is 475 g/mol. The molecule has 3 N–H and O–H groups in total. The molecule has 2 amide bonds. The van der Waals surface area contributed by atoms with Crippen LogP contribution in [0.3, 0.4) is 0 Å². The maximum Gasteiger partial charge on any atom is 0.342 e. The molecule has 0 bridgehead atoms. The van der Waals surface area contributed by atoms with Crippen LogP contribution >= 0.6 is 11.6 Å². The fourth-order valence-corrected chi connectivity index (χ4v) is 3.54. The van der Waals surface area contributed by atoms with E-state index < -0.39 is 47.6 Å². The SMILES string of the molecule is CC1(C)OC2C(COC(=O)c3ccc([NH+]([O-])O)cc3)OC(NC(=O)N(CCCl)N=O)C2O1. The van der Waals surface area contributed by atoms with Crippen LogP contribution in [0.2, 0.25) is 0 Å². The van der Waals surface area contributed by atoms with E-state index in [9.17, 15) is 19.7 Å². The summed E-state index contributed by atoms with van der Waals surface area (Å²) in [5.74, 6) is -1.66. The van der Waals surface area contributed by atoms with Gasteiger partial charge in [0, 0.05) is 18.0 Å². The second kappa shape index (κ2) is 10.0. The molecule has 0 spiro atoms. The van der Waals surface area contributed by atoms with Crippen molar-refractivity contribution in [2.75, 3.05) is 19.0 Å². The molecule has 2 heterocycles. The summed E-state index contributed by atoms with van der Waals surface area (Å²) in [5.41, 5.74) is 0.195. The van der Waals surface area contributed by atoms with Gasteiger partial charge in [-0.3, -0.25) is 0 Å². The number of urea groups is 1. The first-order chi connectivity index (χ1) is 15.1. The molecule has 0 radical (unpaired) electrons. The summed E-state index contributed by atoms with van der Waals surface area (Å²) in [7, 11) is 0. The Hall–Kier alpha value is -2.39. The van der Waals surface area contributed by atoms with E-state index in [-0.39, 0.29) is 30.3 Å². The zero-order valence-electron chi connectivity index (χ0n) is 17.2. The highest BCUT2D eigenvalue weighted by Crippen LogP contribution is 2.38.